The molecule has 1 unspecified atom stereocenters. The summed E-state index contributed by atoms with van der Waals surface area (Å²) in [7, 11) is 0. The van der Waals surface area contributed by atoms with Crippen LogP contribution in [0.5, 0.6) is 0 Å². The van der Waals surface area contributed by atoms with Crippen molar-refractivity contribution in [1.29, 1.82) is 0 Å². The first-order valence-electron chi connectivity index (χ1n) is 20.6. The Hall–Kier alpha value is -0.640. The maximum Gasteiger partial charge on any atom is 0.0975 e. The Morgan fingerprint density at radius 1 is 0.400 bits per heavy atom. The summed E-state index contributed by atoms with van der Waals surface area (Å²) in [6.45, 7) is 11.8. The van der Waals surface area contributed by atoms with Gasteiger partial charge >= 0.3 is 0 Å². The van der Waals surface area contributed by atoms with Gasteiger partial charge in [0.15, 0.2) is 0 Å². The summed E-state index contributed by atoms with van der Waals surface area (Å²) in [5, 5.41) is 0. The van der Waals surface area contributed by atoms with Crippen LogP contribution >= 0.6 is 0 Å². The molecule has 0 aromatic carbocycles. The molecule has 1 aliphatic heterocycles. The molecule has 3 nitrogen and oxygen atoms in total. The lowest BCUT2D eigenvalue weighted by Crippen LogP contribution is -2.30. The maximum absolute atomic E-state index is 6.37. The van der Waals surface area contributed by atoms with Gasteiger partial charge in [-0.25, -0.2) is 0 Å². The molecule has 1 fully saturated rings. The molecule has 0 spiro atoms. The van der Waals surface area contributed by atoms with E-state index in [0.717, 1.165) is 32.8 Å². The number of allylic oxidation sites excluding steroid dienone is 4. The van der Waals surface area contributed by atoms with Crippen molar-refractivity contribution in [2.45, 2.75) is 213 Å². The fraction of sp³-hybridized carbons (Fsp3) is 0.905. The van der Waals surface area contributed by atoms with Crippen LogP contribution in [0.15, 0.2) is 24.3 Å². The molecule has 1 rings (SSSR count). The normalized spacial score (nSPS) is 17.5. The van der Waals surface area contributed by atoms with Gasteiger partial charge in [-0.15, -0.1) is 0 Å². The molecule has 266 valence electrons. The molecule has 1 aliphatic rings. The van der Waals surface area contributed by atoms with Gasteiger partial charge in [-0.1, -0.05) is 161 Å². The topological polar surface area (TPSA) is 21.7 Å². The van der Waals surface area contributed by atoms with Crippen LogP contribution in [0.1, 0.15) is 201 Å². The summed E-state index contributed by atoms with van der Waals surface area (Å²) >= 11 is 0. The van der Waals surface area contributed by atoms with Crippen LogP contribution < -0.4 is 0 Å². The predicted octanol–water partition coefficient (Wildman–Crippen LogP) is 13.2. The molecule has 0 N–H and O–H groups in total. The molecule has 0 bridgehead atoms. The minimum absolute atomic E-state index is 0.266. The SMILES string of the molecule is CCCCCCCC/C=C\CCCCCCCCOC1CN(CC)C[C@H]1OCCCCCCCC/C=C\CCCCCCCC. The van der Waals surface area contributed by atoms with E-state index in [0.29, 0.717) is 0 Å². The van der Waals surface area contributed by atoms with Crippen LogP contribution in [-0.2, 0) is 9.47 Å². The Bertz CT molecular complexity index is 580. The molecular formula is C42H81NO2. The number of likely N-dealkylation sites (N-methyl/N-ethyl adjacent to an activating group) is 1. The number of ether oxygens (including phenoxy) is 2. The van der Waals surface area contributed by atoms with E-state index in [1.165, 1.54) is 180 Å². The molecule has 0 amide bonds. The molecular weight excluding hydrogens is 550 g/mol. The molecule has 0 aromatic rings. The number of unbranched alkanes of at least 4 members (excludes halogenated alkanes) is 24. The highest BCUT2D eigenvalue weighted by Crippen LogP contribution is 2.19. The zero-order valence-electron chi connectivity index (χ0n) is 31.1. The third-order valence-corrected chi connectivity index (χ3v) is 9.71. The molecule has 1 saturated heterocycles. The van der Waals surface area contributed by atoms with Crippen LogP contribution in [0, 0.1) is 0 Å². The quantitative estimate of drug-likeness (QED) is 0.0513. The lowest BCUT2D eigenvalue weighted by atomic mass is 10.1. The fourth-order valence-electron chi connectivity index (χ4n) is 6.57. The van der Waals surface area contributed by atoms with Crippen LogP contribution in [0.4, 0.5) is 0 Å². The van der Waals surface area contributed by atoms with Crippen molar-refractivity contribution < 1.29 is 9.47 Å². The van der Waals surface area contributed by atoms with E-state index in [2.05, 4.69) is 50.0 Å². The highest BCUT2D eigenvalue weighted by molar-refractivity contribution is 4.86. The summed E-state index contributed by atoms with van der Waals surface area (Å²) in [6.07, 6.45) is 48.1. The number of hydrogen-bond acceptors (Lipinski definition) is 3. The van der Waals surface area contributed by atoms with Crippen molar-refractivity contribution in [1.82, 2.24) is 4.90 Å². The zero-order chi connectivity index (χ0) is 32.3. The van der Waals surface area contributed by atoms with Crippen LogP contribution in [0.2, 0.25) is 0 Å². The maximum atomic E-state index is 6.37. The van der Waals surface area contributed by atoms with Crippen LogP contribution in [-0.4, -0.2) is 50.0 Å². The van der Waals surface area contributed by atoms with Gasteiger partial charge in [0.1, 0.15) is 0 Å². The summed E-state index contributed by atoms with van der Waals surface area (Å²) in [4.78, 5) is 2.50. The lowest BCUT2D eigenvalue weighted by molar-refractivity contribution is -0.0481. The van der Waals surface area contributed by atoms with Crippen molar-refractivity contribution in [2.24, 2.45) is 0 Å². The van der Waals surface area contributed by atoms with Gasteiger partial charge in [0, 0.05) is 26.3 Å². The van der Waals surface area contributed by atoms with Gasteiger partial charge in [0.2, 0.25) is 0 Å². The van der Waals surface area contributed by atoms with Gasteiger partial charge in [0.25, 0.3) is 0 Å². The first-order valence-corrected chi connectivity index (χ1v) is 20.6. The Balaban J connectivity index is 1.92. The smallest absolute Gasteiger partial charge is 0.0975 e. The number of nitrogens with zero attached hydrogens (tertiary/aromatic N) is 1. The van der Waals surface area contributed by atoms with E-state index in [1.54, 1.807) is 0 Å². The van der Waals surface area contributed by atoms with E-state index < -0.39 is 0 Å². The Morgan fingerprint density at radius 2 is 0.689 bits per heavy atom. The van der Waals surface area contributed by atoms with Crippen LogP contribution in [0.3, 0.4) is 0 Å². The highest BCUT2D eigenvalue weighted by Gasteiger charge is 2.33. The molecule has 3 heteroatoms. The average Bonchev–Trinajstić information content (AvgIpc) is 3.45. The lowest BCUT2D eigenvalue weighted by Gasteiger charge is -2.20. The Morgan fingerprint density at radius 3 is 1.00 bits per heavy atom. The van der Waals surface area contributed by atoms with Gasteiger partial charge < -0.3 is 9.47 Å². The Labute approximate surface area is 283 Å². The van der Waals surface area contributed by atoms with Crippen molar-refractivity contribution in [2.75, 3.05) is 32.8 Å². The molecule has 0 aromatic heterocycles. The van der Waals surface area contributed by atoms with Gasteiger partial charge in [-0.3, -0.25) is 4.90 Å². The van der Waals surface area contributed by atoms with E-state index in [1.807, 2.05) is 0 Å². The first-order chi connectivity index (χ1) is 22.3. The second kappa shape index (κ2) is 34.7. The van der Waals surface area contributed by atoms with E-state index >= 15 is 0 Å². The van der Waals surface area contributed by atoms with Crippen molar-refractivity contribution >= 4 is 0 Å². The summed E-state index contributed by atoms with van der Waals surface area (Å²) < 4.78 is 12.7. The third-order valence-electron chi connectivity index (χ3n) is 9.71. The average molecular weight is 632 g/mol. The molecule has 45 heavy (non-hydrogen) atoms. The minimum atomic E-state index is 0.266. The summed E-state index contributed by atoms with van der Waals surface area (Å²) in [6, 6.07) is 0. The molecule has 0 radical (unpaired) electrons. The predicted molar refractivity (Wildman–Crippen MR) is 200 cm³/mol. The molecule has 2 atom stereocenters. The zero-order valence-corrected chi connectivity index (χ0v) is 31.1. The van der Waals surface area contributed by atoms with Crippen molar-refractivity contribution in [3.05, 3.63) is 24.3 Å². The van der Waals surface area contributed by atoms with Crippen LogP contribution in [0.25, 0.3) is 0 Å². The summed E-state index contributed by atoms with van der Waals surface area (Å²) in [5.74, 6) is 0. The van der Waals surface area contributed by atoms with Gasteiger partial charge in [-0.05, 0) is 70.8 Å². The second-order valence-electron chi connectivity index (χ2n) is 14.0. The highest BCUT2D eigenvalue weighted by atomic mass is 16.5. The number of hydrogen-bond donors (Lipinski definition) is 0. The third kappa shape index (κ3) is 28.1. The Kier molecular flexibility index (Phi) is 32.7. The van der Waals surface area contributed by atoms with Gasteiger partial charge in [-0.2, -0.15) is 0 Å². The largest absolute Gasteiger partial charge is 0.374 e. The monoisotopic (exact) mass is 632 g/mol. The number of rotatable bonds is 35. The molecule has 0 aliphatic carbocycles. The molecule has 1 heterocycles. The standard InChI is InChI=1S/C42H81NO2/c1-4-7-9-11-13-15-17-19-21-23-25-27-29-31-33-35-37-44-41-39-43(6-3)40-42(41)45-38-36-34-32-30-28-26-24-22-20-18-16-14-12-10-8-5-2/h19-22,41-42H,4-18,23-40H2,1-3H3/b21-19-,22-20-/t41-,42?/m1/s1. The van der Waals surface area contributed by atoms with E-state index in [4.69, 9.17) is 9.47 Å². The van der Waals surface area contributed by atoms with E-state index in [9.17, 15) is 0 Å². The first kappa shape index (κ1) is 42.4. The summed E-state index contributed by atoms with van der Waals surface area (Å²) in [5.41, 5.74) is 0. The second-order valence-corrected chi connectivity index (χ2v) is 14.0. The number of likely N-dealkylation sites (tertiary alicyclic amines) is 1. The van der Waals surface area contributed by atoms with Gasteiger partial charge in [0.05, 0.1) is 12.2 Å². The molecule has 0 saturated carbocycles. The van der Waals surface area contributed by atoms with Crippen molar-refractivity contribution in [3.63, 3.8) is 0 Å². The van der Waals surface area contributed by atoms with Crippen molar-refractivity contribution in [3.8, 4) is 0 Å². The fourth-order valence-corrected chi connectivity index (χ4v) is 6.57. The minimum Gasteiger partial charge on any atom is -0.374 e. The van der Waals surface area contributed by atoms with E-state index in [-0.39, 0.29) is 12.2 Å².